The molecule has 1 aromatic heterocycles. The molecule has 0 saturated heterocycles. The fraction of sp³-hybridized carbons (Fsp3) is 0.360. The van der Waals surface area contributed by atoms with Gasteiger partial charge in [0.1, 0.15) is 11.5 Å². The number of benzene rings is 1. The minimum absolute atomic E-state index is 0.0361. The van der Waals surface area contributed by atoms with Gasteiger partial charge in [-0.1, -0.05) is 38.1 Å². The van der Waals surface area contributed by atoms with Crippen molar-refractivity contribution < 1.29 is 19.4 Å². The zero-order valence-corrected chi connectivity index (χ0v) is 18.7. The SMILES string of the molecule is CC1=C(C(=O)OCC(C)C)C(c2ccc(O)cc2)C2C(=O)CC(c3cccs3)C=C2N1. The van der Waals surface area contributed by atoms with E-state index in [9.17, 15) is 14.7 Å². The van der Waals surface area contributed by atoms with Gasteiger partial charge in [-0.3, -0.25) is 4.79 Å². The zero-order chi connectivity index (χ0) is 22.1. The minimum atomic E-state index is -0.481. The first kappa shape index (κ1) is 21.4. The number of Topliss-reactive ketones (excluding diaryl/α,β-unsaturated/α-hetero) is 1. The topological polar surface area (TPSA) is 75.6 Å². The van der Waals surface area contributed by atoms with Crippen molar-refractivity contribution in [2.24, 2.45) is 11.8 Å². The molecule has 3 unspecified atom stereocenters. The molecule has 0 radical (unpaired) electrons. The molecular weight excluding hydrogens is 410 g/mol. The van der Waals surface area contributed by atoms with Crippen molar-refractivity contribution in [1.29, 1.82) is 0 Å². The molecule has 2 aliphatic rings. The van der Waals surface area contributed by atoms with E-state index < -0.39 is 17.8 Å². The molecule has 31 heavy (non-hydrogen) atoms. The quantitative estimate of drug-likeness (QED) is 0.653. The van der Waals surface area contributed by atoms with Crippen LogP contribution in [0, 0.1) is 11.8 Å². The number of allylic oxidation sites excluding steroid dienone is 3. The highest BCUT2D eigenvalue weighted by Crippen LogP contribution is 2.46. The second-order valence-corrected chi connectivity index (χ2v) is 9.60. The first-order chi connectivity index (χ1) is 14.8. The van der Waals surface area contributed by atoms with Crippen LogP contribution in [-0.4, -0.2) is 23.5 Å². The number of esters is 1. The number of hydrogen-bond acceptors (Lipinski definition) is 6. The van der Waals surface area contributed by atoms with Gasteiger partial charge in [0, 0.05) is 34.5 Å². The van der Waals surface area contributed by atoms with Crippen LogP contribution in [-0.2, 0) is 14.3 Å². The zero-order valence-electron chi connectivity index (χ0n) is 17.9. The second kappa shape index (κ2) is 8.71. The van der Waals surface area contributed by atoms with Crippen LogP contribution in [0.25, 0.3) is 0 Å². The third kappa shape index (κ3) is 4.30. The van der Waals surface area contributed by atoms with Crippen LogP contribution < -0.4 is 5.32 Å². The highest BCUT2D eigenvalue weighted by atomic mass is 32.1. The van der Waals surface area contributed by atoms with E-state index in [1.165, 1.54) is 0 Å². The lowest BCUT2D eigenvalue weighted by atomic mass is 9.69. The molecule has 3 atom stereocenters. The molecule has 1 aromatic carbocycles. The Bertz CT molecular complexity index is 1030. The van der Waals surface area contributed by atoms with E-state index in [1.807, 2.05) is 32.2 Å². The summed E-state index contributed by atoms with van der Waals surface area (Å²) in [6.45, 7) is 6.15. The Morgan fingerprint density at radius 3 is 2.61 bits per heavy atom. The Hall–Kier alpha value is -2.86. The van der Waals surface area contributed by atoms with Crippen molar-refractivity contribution in [2.45, 2.75) is 39.0 Å². The van der Waals surface area contributed by atoms with Crippen molar-refractivity contribution in [3.05, 3.63) is 75.3 Å². The van der Waals surface area contributed by atoms with Crippen molar-refractivity contribution >= 4 is 23.1 Å². The normalized spacial score (nSPS) is 23.3. The Kier molecular flexibility index (Phi) is 6.01. The number of ether oxygens (including phenoxy) is 1. The molecular formula is C25H27NO4S. The summed E-state index contributed by atoms with van der Waals surface area (Å²) < 4.78 is 5.57. The molecule has 2 aromatic rings. The lowest BCUT2D eigenvalue weighted by molar-refractivity contribution is -0.140. The smallest absolute Gasteiger partial charge is 0.336 e. The minimum Gasteiger partial charge on any atom is -0.508 e. The first-order valence-electron chi connectivity index (χ1n) is 10.6. The van der Waals surface area contributed by atoms with E-state index >= 15 is 0 Å². The number of aromatic hydroxyl groups is 1. The average molecular weight is 438 g/mol. The van der Waals surface area contributed by atoms with Gasteiger partial charge in [0.15, 0.2) is 0 Å². The number of phenolic OH excluding ortho intramolecular Hbond substituents is 1. The monoisotopic (exact) mass is 437 g/mol. The summed E-state index contributed by atoms with van der Waals surface area (Å²) in [7, 11) is 0. The van der Waals surface area contributed by atoms with Gasteiger partial charge in [-0.05, 0) is 42.0 Å². The van der Waals surface area contributed by atoms with E-state index in [0.717, 1.165) is 16.1 Å². The van der Waals surface area contributed by atoms with E-state index in [-0.39, 0.29) is 23.4 Å². The number of thiophene rings is 1. The van der Waals surface area contributed by atoms with Crippen molar-refractivity contribution in [1.82, 2.24) is 5.32 Å². The maximum atomic E-state index is 13.4. The number of nitrogens with one attached hydrogen (secondary N) is 1. The van der Waals surface area contributed by atoms with Crippen molar-refractivity contribution in [3.63, 3.8) is 0 Å². The molecule has 5 nitrogen and oxygen atoms in total. The summed E-state index contributed by atoms with van der Waals surface area (Å²) in [5.41, 5.74) is 2.84. The summed E-state index contributed by atoms with van der Waals surface area (Å²) in [5, 5.41) is 15.1. The highest BCUT2D eigenvalue weighted by Gasteiger charge is 2.45. The number of hydrogen-bond donors (Lipinski definition) is 2. The predicted molar refractivity (Wildman–Crippen MR) is 121 cm³/mol. The van der Waals surface area contributed by atoms with Crippen LogP contribution in [0.4, 0.5) is 0 Å². The molecule has 0 fully saturated rings. The summed E-state index contributed by atoms with van der Waals surface area (Å²) in [6.07, 6.45) is 2.53. The fourth-order valence-corrected chi connectivity index (χ4v) is 5.19. The molecule has 2 N–H and O–H groups in total. The van der Waals surface area contributed by atoms with Crippen molar-refractivity contribution in [3.8, 4) is 5.75 Å². The summed E-state index contributed by atoms with van der Waals surface area (Å²) in [4.78, 5) is 27.7. The van der Waals surface area contributed by atoms with Crippen molar-refractivity contribution in [2.75, 3.05) is 6.61 Å². The average Bonchev–Trinajstić information content (AvgIpc) is 3.26. The van der Waals surface area contributed by atoms with Gasteiger partial charge in [0.2, 0.25) is 0 Å². The van der Waals surface area contributed by atoms with E-state index in [0.29, 0.717) is 24.3 Å². The number of ketones is 1. The predicted octanol–water partition coefficient (Wildman–Crippen LogP) is 4.87. The molecule has 0 amide bonds. The van der Waals surface area contributed by atoms with Crippen LogP contribution in [0.5, 0.6) is 5.75 Å². The van der Waals surface area contributed by atoms with Crippen LogP contribution in [0.15, 0.2) is 64.8 Å². The van der Waals surface area contributed by atoms with E-state index in [4.69, 9.17) is 4.74 Å². The third-order valence-corrected chi connectivity index (χ3v) is 6.80. The number of carbonyl (C=O) groups is 2. The summed E-state index contributed by atoms with van der Waals surface area (Å²) >= 11 is 1.65. The van der Waals surface area contributed by atoms with Gasteiger partial charge in [-0.15, -0.1) is 11.3 Å². The fourth-order valence-electron chi connectivity index (χ4n) is 4.39. The molecule has 1 aliphatic carbocycles. The summed E-state index contributed by atoms with van der Waals surface area (Å²) in [5.74, 6) is -0.839. The molecule has 1 aliphatic heterocycles. The molecule has 6 heteroatoms. The van der Waals surface area contributed by atoms with Crippen LogP contribution in [0.1, 0.15) is 49.5 Å². The maximum absolute atomic E-state index is 13.4. The van der Waals surface area contributed by atoms with E-state index in [1.54, 1.807) is 35.6 Å². The number of rotatable bonds is 5. The van der Waals surface area contributed by atoms with Gasteiger partial charge < -0.3 is 15.2 Å². The van der Waals surface area contributed by atoms with Gasteiger partial charge in [-0.25, -0.2) is 4.79 Å². The molecule has 0 bridgehead atoms. The highest BCUT2D eigenvalue weighted by molar-refractivity contribution is 7.10. The van der Waals surface area contributed by atoms with Gasteiger partial charge in [0.25, 0.3) is 0 Å². The number of carbonyl (C=O) groups excluding carboxylic acids is 2. The van der Waals surface area contributed by atoms with Gasteiger partial charge in [-0.2, -0.15) is 0 Å². The number of fused-ring (bicyclic) bond motifs is 1. The van der Waals surface area contributed by atoms with Crippen LogP contribution in [0.3, 0.4) is 0 Å². The lowest BCUT2D eigenvalue weighted by Crippen LogP contribution is -2.42. The van der Waals surface area contributed by atoms with Crippen LogP contribution in [0.2, 0.25) is 0 Å². The Morgan fingerprint density at radius 2 is 1.97 bits per heavy atom. The Labute approximate surface area is 186 Å². The van der Waals surface area contributed by atoms with Gasteiger partial charge >= 0.3 is 5.97 Å². The van der Waals surface area contributed by atoms with E-state index in [2.05, 4.69) is 17.5 Å². The third-order valence-electron chi connectivity index (χ3n) is 5.79. The Balaban J connectivity index is 1.79. The molecule has 162 valence electrons. The van der Waals surface area contributed by atoms with Crippen LogP contribution >= 0.6 is 11.3 Å². The summed E-state index contributed by atoms with van der Waals surface area (Å²) in [6, 6.07) is 10.8. The number of phenols is 1. The molecule has 2 heterocycles. The Morgan fingerprint density at radius 1 is 1.23 bits per heavy atom. The molecule has 0 saturated carbocycles. The standard InChI is InChI=1S/C25H27NO4S/c1-14(2)13-30-25(29)22-15(3)26-19-11-17(21-5-4-10-31-21)12-20(28)24(19)23(22)16-6-8-18(27)9-7-16/h4-11,14,17,23-24,26-27H,12-13H2,1-3H3. The maximum Gasteiger partial charge on any atom is 0.336 e. The molecule has 4 rings (SSSR count). The second-order valence-electron chi connectivity index (χ2n) is 8.62. The largest absolute Gasteiger partial charge is 0.508 e. The lowest BCUT2D eigenvalue weighted by Gasteiger charge is -2.39. The van der Waals surface area contributed by atoms with Gasteiger partial charge in [0.05, 0.1) is 18.1 Å². The molecule has 0 spiro atoms. The first-order valence-corrected chi connectivity index (χ1v) is 11.4.